The molecule has 11 heteroatoms. The third-order valence-electron chi connectivity index (χ3n) is 7.89. The number of imidazole rings is 1. The van der Waals surface area contributed by atoms with Crippen molar-refractivity contribution < 1.29 is 22.7 Å². The number of nitriles is 1. The van der Waals surface area contributed by atoms with Crippen molar-refractivity contribution in [3.63, 3.8) is 0 Å². The van der Waals surface area contributed by atoms with Crippen LogP contribution in [0, 0.1) is 25.2 Å². The summed E-state index contributed by atoms with van der Waals surface area (Å²) in [6.07, 6.45) is 1.77. The lowest BCUT2D eigenvalue weighted by Gasteiger charge is -2.25. The van der Waals surface area contributed by atoms with Gasteiger partial charge in [-0.25, -0.2) is 17.4 Å². The Kier molecular flexibility index (Phi) is 8.33. The maximum Gasteiger partial charge on any atom is 0.293 e. The molecule has 230 valence electrons. The fourth-order valence-corrected chi connectivity index (χ4v) is 7.66. The molecule has 0 amide bonds. The van der Waals surface area contributed by atoms with Gasteiger partial charge in [0.1, 0.15) is 6.73 Å². The fourth-order valence-electron chi connectivity index (χ4n) is 5.49. The van der Waals surface area contributed by atoms with Crippen LogP contribution in [-0.4, -0.2) is 41.7 Å². The number of fused-ring (bicyclic) bond motifs is 2. The lowest BCUT2D eigenvalue weighted by atomic mass is 9.92. The average Bonchev–Trinajstić information content (AvgIpc) is 3.58. The van der Waals surface area contributed by atoms with Crippen molar-refractivity contribution in [3.8, 4) is 6.07 Å². The topological polar surface area (TPSA) is 110 Å². The highest BCUT2D eigenvalue weighted by Gasteiger charge is 2.41. The van der Waals surface area contributed by atoms with E-state index in [0.29, 0.717) is 40.8 Å². The zero-order valence-electron chi connectivity index (χ0n) is 25.8. The molecule has 0 saturated carbocycles. The number of benzene rings is 3. The molecule has 0 bridgehead atoms. The summed E-state index contributed by atoms with van der Waals surface area (Å²) < 4.78 is 53.4. The van der Waals surface area contributed by atoms with Crippen LogP contribution in [-0.2, 0) is 33.8 Å². The minimum atomic E-state index is -4.03. The molecular weight excluding hydrogens is 596 g/mol. The Balaban J connectivity index is 1.71. The van der Waals surface area contributed by atoms with Gasteiger partial charge in [0.2, 0.25) is 0 Å². The highest BCUT2D eigenvalue weighted by Crippen LogP contribution is 2.41. The highest BCUT2D eigenvalue weighted by molar-refractivity contribution is 7.90. The number of hydrogen-bond donors (Lipinski definition) is 1. The number of nitrogens with zero attached hydrogens (tertiary/aromatic N) is 4. The summed E-state index contributed by atoms with van der Waals surface area (Å²) in [6, 6.07) is 17.6. The Morgan fingerprint density at radius 3 is 2.43 bits per heavy atom. The molecule has 44 heavy (non-hydrogen) atoms. The fraction of sp³-hybridized carbons (Fsp3) is 0.333. The van der Waals surface area contributed by atoms with Crippen LogP contribution in [0.4, 0.5) is 4.39 Å². The van der Waals surface area contributed by atoms with Crippen molar-refractivity contribution in [2.75, 3.05) is 6.61 Å². The van der Waals surface area contributed by atoms with Crippen LogP contribution in [0.1, 0.15) is 40.6 Å². The van der Waals surface area contributed by atoms with Crippen molar-refractivity contribution >= 4 is 40.0 Å². The third kappa shape index (κ3) is 5.70. The molecule has 5 aromatic rings. The molecule has 8 nitrogen and oxygen atoms in total. The second-order valence-electron chi connectivity index (χ2n) is 12.4. The molecule has 1 N–H and O–H groups in total. The molecule has 0 aliphatic heterocycles. The van der Waals surface area contributed by atoms with Gasteiger partial charge in [0, 0.05) is 31.8 Å². The van der Waals surface area contributed by atoms with Crippen LogP contribution in [0.25, 0.3) is 21.9 Å². The maximum absolute atomic E-state index is 17.3. The number of rotatable bonds is 10. The number of ether oxygens (including phenoxy) is 1. The molecule has 1 unspecified atom stereocenters. The van der Waals surface area contributed by atoms with Crippen molar-refractivity contribution in [3.05, 3.63) is 94.4 Å². The summed E-state index contributed by atoms with van der Waals surface area (Å²) in [5, 5.41) is 21.7. The van der Waals surface area contributed by atoms with E-state index in [-0.39, 0.29) is 33.9 Å². The smallest absolute Gasteiger partial charge is 0.293 e. The summed E-state index contributed by atoms with van der Waals surface area (Å²) in [7, 11) is -5.43. The lowest BCUT2D eigenvalue weighted by molar-refractivity contribution is -0.0683. The van der Waals surface area contributed by atoms with Crippen LogP contribution in [0.2, 0.25) is 25.7 Å². The zero-order valence-corrected chi connectivity index (χ0v) is 27.7. The maximum atomic E-state index is 17.3. The summed E-state index contributed by atoms with van der Waals surface area (Å²) in [5.41, 5.74) is 3.46. The van der Waals surface area contributed by atoms with E-state index >= 15 is 4.39 Å². The highest BCUT2D eigenvalue weighted by atomic mass is 32.2. The van der Waals surface area contributed by atoms with E-state index in [1.54, 1.807) is 55.5 Å². The molecule has 2 heterocycles. The monoisotopic (exact) mass is 632 g/mol. The first-order chi connectivity index (χ1) is 20.7. The Bertz CT molecular complexity index is 2020. The third-order valence-corrected chi connectivity index (χ3v) is 11.3. The summed E-state index contributed by atoms with van der Waals surface area (Å²) in [4.78, 5) is 4.61. The molecule has 3 aromatic carbocycles. The summed E-state index contributed by atoms with van der Waals surface area (Å²) >= 11 is 0. The van der Waals surface area contributed by atoms with Crippen molar-refractivity contribution in [2.24, 2.45) is 0 Å². The molecule has 0 spiro atoms. The van der Waals surface area contributed by atoms with Gasteiger partial charge in [0.05, 0.1) is 33.1 Å². The van der Waals surface area contributed by atoms with Gasteiger partial charge >= 0.3 is 0 Å². The lowest BCUT2D eigenvalue weighted by Crippen LogP contribution is -2.29. The number of alkyl halides is 1. The molecular formula is C33H37FN4O4SSi. The van der Waals surface area contributed by atoms with Gasteiger partial charge in [0.25, 0.3) is 15.9 Å². The second-order valence-corrected chi connectivity index (χ2v) is 19.9. The van der Waals surface area contributed by atoms with Crippen LogP contribution >= 0.6 is 0 Å². The largest absolute Gasteiger partial charge is 0.361 e. The molecule has 0 saturated heterocycles. The van der Waals surface area contributed by atoms with E-state index in [9.17, 15) is 18.8 Å². The first kappa shape index (κ1) is 31.6. The first-order valence-corrected chi connectivity index (χ1v) is 19.7. The van der Waals surface area contributed by atoms with E-state index in [0.717, 1.165) is 15.6 Å². The van der Waals surface area contributed by atoms with Crippen LogP contribution in [0.5, 0.6) is 0 Å². The summed E-state index contributed by atoms with van der Waals surface area (Å²) in [6.45, 7) is 12.5. The number of aliphatic hydroxyl groups is 1. The van der Waals surface area contributed by atoms with E-state index in [4.69, 9.17) is 4.74 Å². The van der Waals surface area contributed by atoms with E-state index in [1.807, 2.05) is 13.8 Å². The quantitative estimate of drug-likeness (QED) is 0.135. The summed E-state index contributed by atoms with van der Waals surface area (Å²) in [5.74, 6) is -3.44. The molecule has 0 fully saturated rings. The standard InChI is InChI=1S/C33H37FN4O4SSi/c1-7-25-18-23(3)31-27(14-15-38(31)43(40,41)26-11-8-22(2)9-12-26)30(25)33(34,39)32-36-28-13-10-24(20-35)19-29(28)37(32)21-42-16-17-44(4,5)6/h8-15,18-19,39H,7,16-17,21H2,1-6H3. The molecule has 0 aliphatic rings. The van der Waals surface area contributed by atoms with Gasteiger partial charge in [-0.1, -0.05) is 50.3 Å². The van der Waals surface area contributed by atoms with Crippen molar-refractivity contribution in [1.82, 2.24) is 13.5 Å². The Labute approximate surface area is 258 Å². The van der Waals surface area contributed by atoms with Crippen molar-refractivity contribution in [2.45, 2.75) is 70.4 Å². The van der Waals surface area contributed by atoms with Crippen molar-refractivity contribution in [1.29, 1.82) is 5.26 Å². The molecule has 0 aliphatic carbocycles. The van der Waals surface area contributed by atoms with Crippen LogP contribution < -0.4 is 0 Å². The van der Waals surface area contributed by atoms with Gasteiger partial charge in [-0.15, -0.1) is 0 Å². The zero-order chi connectivity index (χ0) is 32.0. The Hall–Kier alpha value is -3.82. The second kappa shape index (κ2) is 11.6. The first-order valence-electron chi connectivity index (χ1n) is 14.5. The SMILES string of the molecule is CCc1cc(C)c2c(ccn2S(=O)(=O)c2ccc(C)cc2)c1C(O)(F)c1nc2ccc(C#N)cc2n1COCC[Si](C)(C)C. The molecule has 0 radical (unpaired) electrons. The van der Waals surface area contributed by atoms with E-state index in [2.05, 4.69) is 30.7 Å². The van der Waals surface area contributed by atoms with Gasteiger partial charge in [-0.2, -0.15) is 9.65 Å². The molecule has 1 atom stereocenters. The number of halogens is 1. The minimum Gasteiger partial charge on any atom is -0.361 e. The van der Waals surface area contributed by atoms with Gasteiger partial charge < -0.3 is 9.84 Å². The van der Waals surface area contributed by atoms with Crippen LogP contribution in [0.15, 0.2) is 65.7 Å². The minimum absolute atomic E-state index is 0.0717. The normalized spacial score (nSPS) is 13.8. The van der Waals surface area contributed by atoms with Gasteiger partial charge in [-0.3, -0.25) is 4.57 Å². The number of aryl methyl sites for hydroxylation is 3. The van der Waals surface area contributed by atoms with Crippen LogP contribution in [0.3, 0.4) is 0 Å². The van der Waals surface area contributed by atoms with E-state index < -0.39 is 24.0 Å². The van der Waals surface area contributed by atoms with Gasteiger partial charge in [0.15, 0.2) is 5.82 Å². The predicted octanol–water partition coefficient (Wildman–Crippen LogP) is 6.75. The average molecular weight is 633 g/mol. The predicted molar refractivity (Wildman–Crippen MR) is 172 cm³/mol. The number of hydrogen-bond acceptors (Lipinski definition) is 6. The number of aromatic nitrogens is 3. The Morgan fingerprint density at radius 1 is 1.09 bits per heavy atom. The molecule has 2 aromatic heterocycles. The Morgan fingerprint density at radius 2 is 1.80 bits per heavy atom. The van der Waals surface area contributed by atoms with Gasteiger partial charge in [-0.05, 0) is 73.8 Å². The molecule has 5 rings (SSSR count). The van der Waals surface area contributed by atoms with E-state index in [1.165, 1.54) is 16.8 Å².